The van der Waals surface area contributed by atoms with Crippen LogP contribution in [0.4, 0.5) is 0 Å². The van der Waals surface area contributed by atoms with Gasteiger partial charge in [-0.15, -0.1) is 0 Å². The van der Waals surface area contributed by atoms with Crippen LogP contribution in [0.5, 0.6) is 0 Å². The van der Waals surface area contributed by atoms with E-state index >= 15 is 0 Å². The zero-order valence-corrected chi connectivity index (χ0v) is 17.4. The number of ketones is 1. The summed E-state index contributed by atoms with van der Waals surface area (Å²) in [5.41, 5.74) is 3.05. The molecule has 1 saturated heterocycles. The molecule has 0 radical (unpaired) electrons. The largest absolute Gasteiger partial charge is 0.334 e. The molecule has 1 fully saturated rings. The van der Waals surface area contributed by atoms with E-state index in [9.17, 15) is 9.59 Å². The summed E-state index contributed by atoms with van der Waals surface area (Å²) < 4.78 is 1.83. The molecule has 1 amide bonds. The Labute approximate surface area is 169 Å². The molecule has 132 valence electrons. The maximum absolute atomic E-state index is 13.0. The number of rotatable bonds is 2. The smallest absolute Gasteiger partial charge is 0.220 e. The molecular formula is C21H17Br2NO2. The number of likely N-dealkylation sites (tertiary alicyclic amines) is 1. The highest BCUT2D eigenvalue weighted by Crippen LogP contribution is 2.26. The first-order valence-electron chi connectivity index (χ1n) is 8.16. The molecule has 5 heteroatoms. The third-order valence-corrected chi connectivity index (χ3v) is 5.67. The number of Topliss-reactive ketones (excluding diaryl/α,β-unsaturated/α-hetero) is 1. The van der Waals surface area contributed by atoms with Crippen molar-refractivity contribution in [2.45, 2.75) is 6.92 Å². The van der Waals surface area contributed by atoms with Crippen LogP contribution >= 0.6 is 31.9 Å². The van der Waals surface area contributed by atoms with E-state index in [1.54, 1.807) is 4.90 Å². The SMILES string of the molecule is CC(=O)N1C/C(=C\c2ccccc2Br)C(=O)/C(=C/c2ccccc2Br)C1. The average Bonchev–Trinajstić information content (AvgIpc) is 2.61. The Kier molecular flexibility index (Phi) is 5.89. The van der Waals surface area contributed by atoms with E-state index in [4.69, 9.17) is 0 Å². The number of halogens is 2. The molecule has 1 aliphatic rings. The van der Waals surface area contributed by atoms with Gasteiger partial charge in [-0.05, 0) is 35.4 Å². The second kappa shape index (κ2) is 8.14. The highest BCUT2D eigenvalue weighted by atomic mass is 79.9. The molecule has 3 nitrogen and oxygen atoms in total. The summed E-state index contributed by atoms with van der Waals surface area (Å²) in [6.07, 6.45) is 3.71. The summed E-state index contributed by atoms with van der Waals surface area (Å²) in [6.45, 7) is 2.17. The van der Waals surface area contributed by atoms with Crippen molar-refractivity contribution in [1.82, 2.24) is 4.90 Å². The second-order valence-electron chi connectivity index (χ2n) is 6.09. The van der Waals surface area contributed by atoms with Gasteiger partial charge >= 0.3 is 0 Å². The van der Waals surface area contributed by atoms with Crippen molar-refractivity contribution in [3.05, 3.63) is 79.7 Å². The van der Waals surface area contributed by atoms with Gasteiger partial charge < -0.3 is 4.90 Å². The number of piperidine rings is 1. The van der Waals surface area contributed by atoms with E-state index in [-0.39, 0.29) is 11.7 Å². The molecule has 2 aromatic carbocycles. The van der Waals surface area contributed by atoms with E-state index < -0.39 is 0 Å². The summed E-state index contributed by atoms with van der Waals surface area (Å²) >= 11 is 7.02. The van der Waals surface area contributed by atoms with Gasteiger partial charge in [0.15, 0.2) is 5.78 Å². The van der Waals surface area contributed by atoms with Crippen LogP contribution in [-0.2, 0) is 9.59 Å². The maximum atomic E-state index is 13.0. The number of nitrogens with zero attached hydrogens (tertiary/aromatic N) is 1. The lowest BCUT2D eigenvalue weighted by atomic mass is 9.94. The molecule has 3 rings (SSSR count). The monoisotopic (exact) mass is 473 g/mol. The first-order chi connectivity index (χ1) is 12.5. The molecule has 0 aliphatic carbocycles. The molecule has 26 heavy (non-hydrogen) atoms. The maximum Gasteiger partial charge on any atom is 0.220 e. The molecular weight excluding hydrogens is 458 g/mol. The quantitative estimate of drug-likeness (QED) is 0.567. The van der Waals surface area contributed by atoms with Gasteiger partial charge in [0.2, 0.25) is 5.91 Å². The van der Waals surface area contributed by atoms with Gasteiger partial charge in [-0.2, -0.15) is 0 Å². The van der Waals surface area contributed by atoms with Crippen molar-refractivity contribution < 1.29 is 9.59 Å². The number of amides is 1. The number of carbonyl (C=O) groups excluding carboxylic acids is 2. The van der Waals surface area contributed by atoms with Crippen molar-refractivity contribution >= 4 is 55.7 Å². The molecule has 0 atom stereocenters. The van der Waals surface area contributed by atoms with Crippen molar-refractivity contribution in [3.63, 3.8) is 0 Å². The average molecular weight is 475 g/mol. The minimum absolute atomic E-state index is 0.0194. The Morgan fingerprint density at radius 3 is 1.69 bits per heavy atom. The van der Waals surface area contributed by atoms with Crippen LogP contribution in [0, 0.1) is 0 Å². The normalized spacial score (nSPS) is 17.8. The standard InChI is InChI=1S/C21H17Br2NO2/c1-14(25)24-12-17(10-15-6-2-4-8-19(15)22)21(26)18(13-24)11-16-7-3-5-9-20(16)23/h2-11H,12-13H2,1H3/b17-10+,18-11+. The van der Waals surface area contributed by atoms with Gasteiger partial charge in [-0.25, -0.2) is 0 Å². The summed E-state index contributed by atoms with van der Waals surface area (Å²) in [5.74, 6) is -0.0671. The lowest BCUT2D eigenvalue weighted by molar-refractivity contribution is -0.129. The predicted molar refractivity (Wildman–Crippen MR) is 111 cm³/mol. The van der Waals surface area contributed by atoms with Crippen molar-refractivity contribution in [3.8, 4) is 0 Å². The van der Waals surface area contributed by atoms with Gasteiger partial charge in [-0.1, -0.05) is 68.3 Å². The van der Waals surface area contributed by atoms with E-state index in [0.717, 1.165) is 20.1 Å². The molecule has 0 saturated carbocycles. The van der Waals surface area contributed by atoms with E-state index in [1.165, 1.54) is 6.92 Å². The third-order valence-electron chi connectivity index (χ3n) is 4.22. The van der Waals surface area contributed by atoms with Crippen LogP contribution < -0.4 is 0 Å². The lowest BCUT2D eigenvalue weighted by Crippen LogP contribution is -2.40. The van der Waals surface area contributed by atoms with E-state index in [2.05, 4.69) is 31.9 Å². The topological polar surface area (TPSA) is 37.4 Å². The predicted octanol–water partition coefficient (Wildman–Crippen LogP) is 5.11. The van der Waals surface area contributed by atoms with Gasteiger partial charge in [0.05, 0.1) is 0 Å². The first-order valence-corrected chi connectivity index (χ1v) is 9.74. The fourth-order valence-electron chi connectivity index (χ4n) is 2.82. The van der Waals surface area contributed by atoms with Gasteiger partial charge in [-0.3, -0.25) is 9.59 Å². The Hall–Kier alpha value is -1.98. The fraction of sp³-hybridized carbons (Fsp3) is 0.143. The molecule has 0 bridgehead atoms. The van der Waals surface area contributed by atoms with Crippen LogP contribution in [-0.4, -0.2) is 29.7 Å². The van der Waals surface area contributed by atoms with Crippen LogP contribution in [0.25, 0.3) is 12.2 Å². The number of carbonyl (C=O) groups is 2. The van der Waals surface area contributed by atoms with Gasteiger partial charge in [0, 0.05) is 40.1 Å². The molecule has 0 N–H and O–H groups in total. The highest BCUT2D eigenvalue weighted by molar-refractivity contribution is 9.10. The van der Waals surface area contributed by atoms with Crippen molar-refractivity contribution in [2.75, 3.05) is 13.1 Å². The van der Waals surface area contributed by atoms with Gasteiger partial charge in [0.1, 0.15) is 0 Å². The van der Waals surface area contributed by atoms with Crippen LogP contribution in [0.3, 0.4) is 0 Å². The Balaban J connectivity index is 2.04. The Morgan fingerprint density at radius 1 is 0.885 bits per heavy atom. The molecule has 0 unspecified atom stereocenters. The highest BCUT2D eigenvalue weighted by Gasteiger charge is 2.27. The van der Waals surface area contributed by atoms with Crippen LogP contribution in [0.15, 0.2) is 68.6 Å². The third kappa shape index (κ3) is 4.22. The molecule has 0 aromatic heterocycles. The fourth-order valence-corrected chi connectivity index (χ4v) is 3.62. The second-order valence-corrected chi connectivity index (χ2v) is 7.80. The Morgan fingerprint density at radius 2 is 1.31 bits per heavy atom. The zero-order chi connectivity index (χ0) is 18.7. The van der Waals surface area contributed by atoms with Gasteiger partial charge in [0.25, 0.3) is 0 Å². The van der Waals surface area contributed by atoms with E-state index in [1.807, 2.05) is 60.7 Å². The van der Waals surface area contributed by atoms with E-state index in [0.29, 0.717) is 24.2 Å². The number of benzene rings is 2. The summed E-state index contributed by atoms with van der Waals surface area (Å²) in [7, 11) is 0. The van der Waals surface area contributed by atoms with Crippen molar-refractivity contribution in [1.29, 1.82) is 0 Å². The zero-order valence-electron chi connectivity index (χ0n) is 14.2. The summed E-state index contributed by atoms with van der Waals surface area (Å²) in [6, 6.07) is 15.4. The summed E-state index contributed by atoms with van der Waals surface area (Å²) in [4.78, 5) is 26.7. The van der Waals surface area contributed by atoms with Crippen LogP contribution in [0.1, 0.15) is 18.1 Å². The first kappa shape index (κ1) is 18.8. The lowest BCUT2D eigenvalue weighted by Gasteiger charge is -2.29. The van der Waals surface area contributed by atoms with Crippen molar-refractivity contribution in [2.24, 2.45) is 0 Å². The Bertz CT molecular complexity index is 864. The molecule has 1 aliphatic heterocycles. The minimum atomic E-state index is -0.0476. The number of hydrogen-bond donors (Lipinski definition) is 0. The van der Waals surface area contributed by atoms with Crippen LogP contribution in [0.2, 0.25) is 0 Å². The molecule has 1 heterocycles. The minimum Gasteiger partial charge on any atom is -0.334 e. The summed E-state index contributed by atoms with van der Waals surface area (Å²) in [5, 5.41) is 0. The molecule has 0 spiro atoms. The molecule has 2 aromatic rings. The number of hydrogen-bond acceptors (Lipinski definition) is 2.